The molecule has 1 heterocycles. The SMILES string of the molecule is CC1(C)Oc2cc([N+](=O)[O-])ccc2C(NCCc2ccccc2)=C1O.O=C(O)/C=C\C(=O)O. The van der Waals surface area contributed by atoms with Gasteiger partial charge in [0.05, 0.1) is 16.7 Å². The van der Waals surface area contributed by atoms with Gasteiger partial charge in [-0.1, -0.05) is 30.3 Å². The van der Waals surface area contributed by atoms with E-state index in [9.17, 15) is 24.8 Å². The minimum absolute atomic E-state index is 0.0421. The van der Waals surface area contributed by atoms with Crippen LogP contribution in [0, 0.1) is 10.1 Å². The van der Waals surface area contributed by atoms with Crippen molar-refractivity contribution in [1.82, 2.24) is 5.32 Å². The number of aliphatic carboxylic acids is 2. The van der Waals surface area contributed by atoms with Crippen LogP contribution in [0.3, 0.4) is 0 Å². The number of nitro groups is 1. The van der Waals surface area contributed by atoms with E-state index in [2.05, 4.69) is 5.32 Å². The second-order valence-electron chi connectivity index (χ2n) is 7.45. The second-order valence-corrected chi connectivity index (χ2v) is 7.45. The van der Waals surface area contributed by atoms with E-state index in [-0.39, 0.29) is 11.4 Å². The summed E-state index contributed by atoms with van der Waals surface area (Å²) in [5, 5.41) is 40.5. The lowest BCUT2D eigenvalue weighted by molar-refractivity contribution is -0.385. The molecule has 0 amide bonds. The average Bonchev–Trinajstić information content (AvgIpc) is 2.75. The predicted octanol–water partition coefficient (Wildman–Crippen LogP) is 3.54. The minimum atomic E-state index is -1.26. The number of benzene rings is 2. The van der Waals surface area contributed by atoms with E-state index in [0.29, 0.717) is 35.7 Å². The second kappa shape index (κ2) is 10.8. The maximum absolute atomic E-state index is 11.0. The number of aliphatic hydroxyl groups excluding tert-OH is 1. The van der Waals surface area contributed by atoms with E-state index >= 15 is 0 Å². The summed E-state index contributed by atoms with van der Waals surface area (Å²) in [5.41, 5.74) is 1.36. The Morgan fingerprint density at radius 3 is 2.24 bits per heavy atom. The molecule has 4 N–H and O–H groups in total. The van der Waals surface area contributed by atoms with Gasteiger partial charge in [-0.25, -0.2) is 9.59 Å². The number of carbonyl (C=O) groups is 2. The zero-order valence-corrected chi connectivity index (χ0v) is 18.0. The monoisotopic (exact) mass is 456 g/mol. The molecule has 0 spiro atoms. The summed E-state index contributed by atoms with van der Waals surface area (Å²) in [6, 6.07) is 14.4. The lowest BCUT2D eigenvalue weighted by Crippen LogP contribution is -2.37. The van der Waals surface area contributed by atoms with Gasteiger partial charge in [0.2, 0.25) is 0 Å². The Balaban J connectivity index is 0.000000414. The molecule has 1 aliphatic heterocycles. The summed E-state index contributed by atoms with van der Waals surface area (Å²) in [7, 11) is 0. The molecule has 0 atom stereocenters. The van der Waals surface area contributed by atoms with Crippen LogP contribution in [-0.4, -0.2) is 44.3 Å². The van der Waals surface area contributed by atoms with Crippen LogP contribution in [0.15, 0.2) is 66.4 Å². The summed E-state index contributed by atoms with van der Waals surface area (Å²) in [5.74, 6) is -2.04. The molecule has 2 aromatic carbocycles. The Labute approximate surface area is 189 Å². The van der Waals surface area contributed by atoms with E-state index in [4.69, 9.17) is 14.9 Å². The molecule has 1 aliphatic rings. The van der Waals surface area contributed by atoms with Crippen molar-refractivity contribution in [2.24, 2.45) is 0 Å². The van der Waals surface area contributed by atoms with Crippen LogP contribution < -0.4 is 10.1 Å². The number of nitrogens with one attached hydrogen (secondary N) is 1. The first-order valence-electron chi connectivity index (χ1n) is 9.84. The Bertz CT molecular complexity index is 1070. The number of ether oxygens (including phenoxy) is 1. The minimum Gasteiger partial charge on any atom is -0.506 e. The first-order chi connectivity index (χ1) is 15.5. The van der Waals surface area contributed by atoms with Gasteiger partial charge in [-0.2, -0.15) is 0 Å². The molecule has 0 bridgehead atoms. The molecule has 0 saturated heterocycles. The number of rotatable bonds is 7. The van der Waals surface area contributed by atoms with E-state index in [1.165, 1.54) is 17.7 Å². The van der Waals surface area contributed by atoms with Gasteiger partial charge in [-0.05, 0) is 31.9 Å². The van der Waals surface area contributed by atoms with Crippen molar-refractivity contribution in [2.45, 2.75) is 25.9 Å². The third-order valence-electron chi connectivity index (χ3n) is 4.54. The number of carboxylic acids is 2. The van der Waals surface area contributed by atoms with Crippen molar-refractivity contribution in [3.8, 4) is 5.75 Å². The van der Waals surface area contributed by atoms with Gasteiger partial charge < -0.3 is 25.4 Å². The van der Waals surface area contributed by atoms with Crippen LogP contribution in [0.25, 0.3) is 5.70 Å². The molecule has 0 radical (unpaired) electrons. The highest BCUT2D eigenvalue weighted by molar-refractivity contribution is 5.89. The van der Waals surface area contributed by atoms with E-state index < -0.39 is 22.5 Å². The number of aliphatic hydroxyl groups is 1. The average molecular weight is 456 g/mol. The smallest absolute Gasteiger partial charge is 0.328 e. The first-order valence-corrected chi connectivity index (χ1v) is 9.84. The number of nitrogens with zero attached hydrogens (tertiary/aromatic N) is 1. The van der Waals surface area contributed by atoms with Gasteiger partial charge in [0.25, 0.3) is 5.69 Å². The lowest BCUT2D eigenvalue weighted by atomic mass is 9.96. The maximum Gasteiger partial charge on any atom is 0.328 e. The third kappa shape index (κ3) is 7.10. The van der Waals surface area contributed by atoms with Crippen LogP contribution in [-0.2, 0) is 16.0 Å². The molecule has 174 valence electrons. The number of nitro benzene ring substituents is 1. The summed E-state index contributed by atoms with van der Waals surface area (Å²) >= 11 is 0. The first kappa shape index (κ1) is 24.9. The molecule has 0 aromatic heterocycles. The van der Waals surface area contributed by atoms with Crippen LogP contribution in [0.1, 0.15) is 25.0 Å². The van der Waals surface area contributed by atoms with Crippen LogP contribution >= 0.6 is 0 Å². The molecule has 33 heavy (non-hydrogen) atoms. The molecule has 0 saturated carbocycles. The van der Waals surface area contributed by atoms with Crippen molar-refractivity contribution in [3.63, 3.8) is 0 Å². The fourth-order valence-corrected chi connectivity index (χ4v) is 2.97. The topological polar surface area (TPSA) is 159 Å². The van der Waals surface area contributed by atoms with Crippen molar-refractivity contribution < 1.29 is 34.6 Å². The van der Waals surface area contributed by atoms with Gasteiger partial charge in [0, 0.05) is 30.3 Å². The number of hydrogen-bond donors (Lipinski definition) is 4. The molecule has 2 aromatic rings. The fraction of sp³-hybridized carbons (Fsp3) is 0.217. The van der Waals surface area contributed by atoms with E-state index in [1.807, 2.05) is 30.3 Å². The van der Waals surface area contributed by atoms with Crippen molar-refractivity contribution in [2.75, 3.05) is 6.54 Å². The van der Waals surface area contributed by atoms with Crippen molar-refractivity contribution in [3.05, 3.63) is 87.7 Å². The van der Waals surface area contributed by atoms with E-state index in [1.54, 1.807) is 19.9 Å². The van der Waals surface area contributed by atoms with E-state index in [0.717, 1.165) is 6.42 Å². The van der Waals surface area contributed by atoms with Crippen molar-refractivity contribution >= 4 is 23.3 Å². The maximum atomic E-state index is 11.0. The molecule has 10 nitrogen and oxygen atoms in total. The van der Waals surface area contributed by atoms with Gasteiger partial charge in [-0.3, -0.25) is 10.1 Å². The summed E-state index contributed by atoms with van der Waals surface area (Å²) in [4.78, 5) is 29.6. The van der Waals surface area contributed by atoms with Gasteiger partial charge in [0.15, 0.2) is 11.4 Å². The highest BCUT2D eigenvalue weighted by Crippen LogP contribution is 2.40. The third-order valence-corrected chi connectivity index (χ3v) is 4.54. The van der Waals surface area contributed by atoms with Crippen LogP contribution in [0.5, 0.6) is 5.75 Å². The zero-order valence-electron chi connectivity index (χ0n) is 18.0. The Morgan fingerprint density at radius 1 is 1.09 bits per heavy atom. The quantitative estimate of drug-likeness (QED) is 0.278. The number of non-ortho nitro benzene ring substituents is 1. The molecule has 10 heteroatoms. The van der Waals surface area contributed by atoms with Gasteiger partial charge in [0.1, 0.15) is 5.75 Å². The van der Waals surface area contributed by atoms with Crippen LogP contribution in [0.2, 0.25) is 0 Å². The fourth-order valence-electron chi connectivity index (χ4n) is 2.97. The zero-order chi connectivity index (χ0) is 24.6. The predicted molar refractivity (Wildman–Crippen MR) is 120 cm³/mol. The lowest BCUT2D eigenvalue weighted by Gasteiger charge is -2.33. The molecular formula is C23H24N2O8. The highest BCUT2D eigenvalue weighted by Gasteiger charge is 2.36. The molecule has 3 rings (SSSR count). The standard InChI is InChI=1S/C19H20N2O4.C4H4O4/c1-19(2)18(22)17(20-11-10-13-6-4-3-5-7-13)15-9-8-14(21(23)24)12-16(15)25-19;5-3(6)1-2-4(7)8/h3-9,12,20,22H,10-11H2,1-2H3;1-2H,(H,5,6)(H,7,8)/b;2-1-. The van der Waals surface area contributed by atoms with Gasteiger partial charge >= 0.3 is 11.9 Å². The van der Waals surface area contributed by atoms with Crippen molar-refractivity contribution in [1.29, 1.82) is 0 Å². The van der Waals surface area contributed by atoms with Gasteiger partial charge in [-0.15, -0.1) is 0 Å². The summed E-state index contributed by atoms with van der Waals surface area (Å²) in [6.45, 7) is 4.07. The molecule has 0 aliphatic carbocycles. The largest absolute Gasteiger partial charge is 0.506 e. The molecule has 0 unspecified atom stereocenters. The summed E-state index contributed by atoms with van der Waals surface area (Å²) < 4.78 is 5.76. The molecular weight excluding hydrogens is 432 g/mol. The normalized spacial score (nSPS) is 13.9. The summed E-state index contributed by atoms with van der Waals surface area (Å²) in [6.07, 6.45) is 1.91. The van der Waals surface area contributed by atoms with Crippen LogP contribution in [0.4, 0.5) is 5.69 Å². The number of hydrogen-bond acceptors (Lipinski definition) is 7. The Hall–Kier alpha value is -4.34. The number of fused-ring (bicyclic) bond motifs is 1. The Morgan fingerprint density at radius 2 is 1.70 bits per heavy atom. The highest BCUT2D eigenvalue weighted by atomic mass is 16.6. The Kier molecular flexibility index (Phi) is 8.16. The number of carboxylic acid groups (broad SMARTS) is 2. The molecule has 0 fully saturated rings.